The maximum Gasteiger partial charge on any atom is 0.306 e. The predicted molar refractivity (Wildman–Crippen MR) is 98.8 cm³/mol. The Morgan fingerprint density at radius 1 is 1.14 bits per heavy atom. The lowest BCUT2D eigenvalue weighted by Gasteiger charge is -2.01. The fraction of sp³-hybridized carbons (Fsp3) is 0.222. The number of esters is 1. The molecule has 28 heavy (non-hydrogen) atoms. The molecule has 3 aromatic rings. The SMILES string of the molecule is Cc1ccc(C(=O)CCC(=O)OCc2nnc(-c3ccc([N+](=O)[O-])cc3)o2)s1. The van der Waals surface area contributed by atoms with Crippen LogP contribution in [0.4, 0.5) is 5.69 Å². The molecule has 0 bridgehead atoms. The molecule has 0 aliphatic heterocycles. The third-order valence-corrected chi connectivity index (χ3v) is 4.76. The summed E-state index contributed by atoms with van der Waals surface area (Å²) in [7, 11) is 0. The molecule has 144 valence electrons. The number of non-ortho nitro benzene ring substituents is 1. The van der Waals surface area contributed by atoms with Gasteiger partial charge in [0, 0.05) is 29.0 Å². The quantitative estimate of drug-likeness (QED) is 0.242. The van der Waals surface area contributed by atoms with Crippen molar-refractivity contribution in [2.45, 2.75) is 26.4 Å². The number of hydrogen-bond acceptors (Lipinski definition) is 9. The molecule has 2 aromatic heterocycles. The summed E-state index contributed by atoms with van der Waals surface area (Å²) < 4.78 is 10.4. The Balaban J connectivity index is 1.49. The van der Waals surface area contributed by atoms with E-state index in [9.17, 15) is 19.7 Å². The van der Waals surface area contributed by atoms with Crippen LogP contribution in [-0.2, 0) is 16.1 Å². The summed E-state index contributed by atoms with van der Waals surface area (Å²) in [5.41, 5.74) is 0.456. The molecule has 0 saturated heterocycles. The van der Waals surface area contributed by atoms with Gasteiger partial charge >= 0.3 is 5.97 Å². The predicted octanol–water partition coefficient (Wildman–Crippen LogP) is 3.72. The molecular weight excluding hydrogens is 386 g/mol. The van der Waals surface area contributed by atoms with Gasteiger partial charge in [-0.25, -0.2) is 0 Å². The average molecular weight is 401 g/mol. The molecule has 9 nitrogen and oxygen atoms in total. The lowest BCUT2D eigenvalue weighted by Crippen LogP contribution is -2.07. The zero-order chi connectivity index (χ0) is 20.1. The Kier molecular flexibility index (Phi) is 5.90. The second-order valence-electron chi connectivity index (χ2n) is 5.80. The van der Waals surface area contributed by atoms with Gasteiger partial charge in [-0.05, 0) is 31.2 Å². The largest absolute Gasteiger partial charge is 0.456 e. The van der Waals surface area contributed by atoms with Crippen LogP contribution in [0, 0.1) is 17.0 Å². The summed E-state index contributed by atoms with van der Waals surface area (Å²) in [5, 5.41) is 18.3. The number of carbonyl (C=O) groups is 2. The normalized spacial score (nSPS) is 10.6. The van der Waals surface area contributed by atoms with Crippen LogP contribution in [0.25, 0.3) is 11.5 Å². The molecule has 0 spiro atoms. The third kappa shape index (κ3) is 4.86. The van der Waals surface area contributed by atoms with E-state index in [1.165, 1.54) is 35.6 Å². The Bertz CT molecular complexity index is 1010. The molecular formula is C18H15N3O6S. The second-order valence-corrected chi connectivity index (χ2v) is 7.09. The number of nitrogens with zero attached hydrogens (tertiary/aromatic N) is 3. The molecule has 0 aliphatic rings. The number of ketones is 1. The first kappa shape index (κ1) is 19.4. The van der Waals surface area contributed by atoms with Crippen molar-refractivity contribution in [2.75, 3.05) is 0 Å². The van der Waals surface area contributed by atoms with Gasteiger partial charge in [-0.2, -0.15) is 0 Å². The van der Waals surface area contributed by atoms with Crippen molar-refractivity contribution in [3.05, 3.63) is 62.2 Å². The molecule has 0 N–H and O–H groups in total. The van der Waals surface area contributed by atoms with Crippen LogP contribution in [0.2, 0.25) is 0 Å². The van der Waals surface area contributed by atoms with E-state index < -0.39 is 10.9 Å². The summed E-state index contributed by atoms with van der Waals surface area (Å²) >= 11 is 1.39. The minimum atomic E-state index is -0.545. The smallest absolute Gasteiger partial charge is 0.306 e. The van der Waals surface area contributed by atoms with Crippen LogP contribution in [0.5, 0.6) is 0 Å². The number of ether oxygens (including phenoxy) is 1. The minimum Gasteiger partial charge on any atom is -0.456 e. The van der Waals surface area contributed by atoms with Gasteiger partial charge in [0.2, 0.25) is 5.89 Å². The van der Waals surface area contributed by atoms with Crippen LogP contribution < -0.4 is 0 Å². The van der Waals surface area contributed by atoms with Gasteiger partial charge in [0.1, 0.15) is 0 Å². The van der Waals surface area contributed by atoms with Crippen molar-refractivity contribution < 1.29 is 23.7 Å². The van der Waals surface area contributed by atoms with Gasteiger partial charge in [0.15, 0.2) is 12.4 Å². The Morgan fingerprint density at radius 3 is 2.54 bits per heavy atom. The van der Waals surface area contributed by atoms with Crippen LogP contribution in [0.1, 0.15) is 33.3 Å². The number of Topliss-reactive ketones (excluding diaryl/α,β-unsaturated/α-hetero) is 1. The molecule has 3 rings (SSSR count). The number of nitro groups is 1. The highest BCUT2D eigenvalue weighted by atomic mass is 32.1. The molecule has 2 heterocycles. The summed E-state index contributed by atoms with van der Waals surface area (Å²) in [6.45, 7) is 1.69. The van der Waals surface area contributed by atoms with Crippen molar-refractivity contribution in [1.29, 1.82) is 0 Å². The van der Waals surface area contributed by atoms with Crippen molar-refractivity contribution in [1.82, 2.24) is 10.2 Å². The second kappa shape index (κ2) is 8.53. The highest BCUT2D eigenvalue weighted by Crippen LogP contribution is 2.21. The number of benzene rings is 1. The van der Waals surface area contributed by atoms with Crippen LogP contribution in [-0.4, -0.2) is 26.9 Å². The number of aromatic nitrogens is 2. The highest BCUT2D eigenvalue weighted by molar-refractivity contribution is 7.14. The van der Waals surface area contributed by atoms with Crippen LogP contribution in [0.3, 0.4) is 0 Å². The Hall–Kier alpha value is -3.40. The van der Waals surface area contributed by atoms with Gasteiger partial charge in [0.05, 0.1) is 16.2 Å². The summed E-state index contributed by atoms with van der Waals surface area (Å²) in [6.07, 6.45) is 0.0236. The van der Waals surface area contributed by atoms with Crippen LogP contribution >= 0.6 is 11.3 Å². The van der Waals surface area contributed by atoms with Crippen molar-refractivity contribution in [2.24, 2.45) is 0 Å². The maximum absolute atomic E-state index is 12.0. The molecule has 0 saturated carbocycles. The van der Waals surface area contributed by atoms with Crippen molar-refractivity contribution in [3.8, 4) is 11.5 Å². The minimum absolute atomic E-state index is 0.0425. The average Bonchev–Trinajstić information content (AvgIpc) is 3.33. The molecule has 0 fully saturated rings. The summed E-state index contributed by atoms with van der Waals surface area (Å²) in [4.78, 5) is 35.6. The van der Waals surface area contributed by atoms with Crippen molar-refractivity contribution in [3.63, 3.8) is 0 Å². The standard InChI is InChI=1S/C18H15N3O6S/c1-11-2-8-15(28-11)14(22)7-9-17(23)26-10-16-19-20-18(27-16)12-3-5-13(6-4-12)21(24)25/h2-6,8H,7,9-10H2,1H3. The van der Waals surface area contributed by atoms with E-state index in [1.807, 2.05) is 13.0 Å². The molecule has 0 amide bonds. The topological polar surface area (TPSA) is 125 Å². The maximum atomic E-state index is 12.0. The first-order valence-electron chi connectivity index (χ1n) is 8.25. The van der Waals surface area contributed by atoms with E-state index in [-0.39, 0.29) is 42.7 Å². The molecule has 0 aliphatic carbocycles. The van der Waals surface area contributed by atoms with E-state index in [0.29, 0.717) is 10.4 Å². The number of aryl methyl sites for hydroxylation is 1. The monoisotopic (exact) mass is 401 g/mol. The Labute approximate surface area is 163 Å². The number of rotatable bonds is 8. The summed E-state index contributed by atoms with van der Waals surface area (Å²) in [5.74, 6) is -0.406. The molecule has 0 radical (unpaired) electrons. The molecule has 1 aromatic carbocycles. The van der Waals surface area contributed by atoms with E-state index in [4.69, 9.17) is 9.15 Å². The molecule has 10 heteroatoms. The number of nitro benzene ring substituents is 1. The number of hydrogen-bond donors (Lipinski definition) is 0. The lowest BCUT2D eigenvalue weighted by atomic mass is 10.2. The van der Waals surface area contributed by atoms with Crippen molar-refractivity contribution >= 4 is 28.8 Å². The fourth-order valence-corrected chi connectivity index (χ4v) is 3.13. The van der Waals surface area contributed by atoms with E-state index in [2.05, 4.69) is 10.2 Å². The van der Waals surface area contributed by atoms with E-state index in [1.54, 1.807) is 6.07 Å². The zero-order valence-corrected chi connectivity index (χ0v) is 15.6. The van der Waals surface area contributed by atoms with Gasteiger partial charge in [-0.1, -0.05) is 0 Å². The van der Waals surface area contributed by atoms with Gasteiger partial charge < -0.3 is 9.15 Å². The first-order valence-corrected chi connectivity index (χ1v) is 9.06. The highest BCUT2D eigenvalue weighted by Gasteiger charge is 2.15. The lowest BCUT2D eigenvalue weighted by molar-refractivity contribution is -0.384. The van der Waals surface area contributed by atoms with Crippen LogP contribution in [0.15, 0.2) is 40.8 Å². The Morgan fingerprint density at radius 2 is 1.89 bits per heavy atom. The zero-order valence-electron chi connectivity index (χ0n) is 14.8. The molecule has 0 atom stereocenters. The van der Waals surface area contributed by atoms with Gasteiger partial charge in [-0.3, -0.25) is 19.7 Å². The van der Waals surface area contributed by atoms with Gasteiger partial charge in [-0.15, -0.1) is 21.5 Å². The first-order chi connectivity index (χ1) is 13.4. The van der Waals surface area contributed by atoms with E-state index >= 15 is 0 Å². The van der Waals surface area contributed by atoms with Gasteiger partial charge in [0.25, 0.3) is 11.6 Å². The summed E-state index contributed by atoms with van der Waals surface area (Å²) in [6, 6.07) is 9.22. The number of carbonyl (C=O) groups excluding carboxylic acids is 2. The fourth-order valence-electron chi connectivity index (χ4n) is 2.29. The molecule has 0 unspecified atom stereocenters. The number of thiophene rings is 1. The third-order valence-electron chi connectivity index (χ3n) is 3.72. The van der Waals surface area contributed by atoms with E-state index in [0.717, 1.165) is 4.88 Å².